The molecule has 1 rings (SSSR count). The molecule has 0 aliphatic heterocycles. The van der Waals surface area contributed by atoms with Gasteiger partial charge in [0.05, 0.1) is 4.90 Å². The number of carboxylic acid groups (broad SMARTS) is 1. The summed E-state index contributed by atoms with van der Waals surface area (Å²) in [6, 6.07) is 7.89. The quantitative estimate of drug-likeness (QED) is 0.712. The van der Waals surface area contributed by atoms with Crippen LogP contribution in [0.1, 0.15) is 6.92 Å². The zero-order chi connectivity index (χ0) is 11.2. The molecule has 0 heterocycles. The fourth-order valence-electron chi connectivity index (χ4n) is 0.610. The van der Waals surface area contributed by atoms with Crippen molar-refractivity contribution in [1.29, 1.82) is 0 Å². The van der Waals surface area contributed by atoms with Gasteiger partial charge in [-0.2, -0.15) is 0 Å². The summed E-state index contributed by atoms with van der Waals surface area (Å²) >= 11 is 0. The number of aliphatic carboxylic acids is 1. The third kappa shape index (κ3) is 6.15. The summed E-state index contributed by atoms with van der Waals surface area (Å²) < 4.78 is 21.2. The van der Waals surface area contributed by atoms with Crippen molar-refractivity contribution in [3.8, 4) is 0 Å². The molecule has 6 heteroatoms. The first-order chi connectivity index (χ1) is 6.34. The van der Waals surface area contributed by atoms with Gasteiger partial charge in [-0.3, -0.25) is 4.79 Å². The van der Waals surface area contributed by atoms with Crippen LogP contribution in [0.2, 0.25) is 0 Å². The molecule has 0 radical (unpaired) electrons. The maximum absolute atomic E-state index is 10.6. The van der Waals surface area contributed by atoms with Crippen molar-refractivity contribution in [3.63, 3.8) is 0 Å². The Kier molecular flexibility index (Phi) is 4.82. The highest BCUT2D eigenvalue weighted by molar-refractivity contribution is 7.89. The van der Waals surface area contributed by atoms with E-state index in [-0.39, 0.29) is 4.90 Å². The summed E-state index contributed by atoms with van der Waals surface area (Å²) in [5, 5.41) is 12.2. The molecule has 0 saturated carbocycles. The minimum Gasteiger partial charge on any atom is -0.481 e. The summed E-state index contributed by atoms with van der Waals surface area (Å²) in [6.45, 7) is 1.08. The lowest BCUT2D eigenvalue weighted by molar-refractivity contribution is -0.134. The van der Waals surface area contributed by atoms with Gasteiger partial charge < -0.3 is 5.11 Å². The second-order valence-corrected chi connectivity index (χ2v) is 3.94. The predicted octanol–water partition coefficient (Wildman–Crippen LogP) is 0.425. The normalized spacial score (nSPS) is 9.86. The van der Waals surface area contributed by atoms with Crippen molar-refractivity contribution in [2.75, 3.05) is 0 Å². The van der Waals surface area contributed by atoms with Crippen LogP contribution in [0.25, 0.3) is 0 Å². The van der Waals surface area contributed by atoms with Crippen LogP contribution in [0.15, 0.2) is 35.2 Å². The van der Waals surface area contributed by atoms with E-state index in [1.54, 1.807) is 18.2 Å². The molecule has 5 nitrogen and oxygen atoms in total. The highest BCUT2D eigenvalue weighted by atomic mass is 32.2. The molecule has 0 unspecified atom stereocenters. The van der Waals surface area contributed by atoms with Crippen LogP contribution < -0.4 is 5.14 Å². The molecule has 78 valence electrons. The molecule has 0 aliphatic rings. The van der Waals surface area contributed by atoms with Crippen molar-refractivity contribution in [1.82, 2.24) is 0 Å². The lowest BCUT2D eigenvalue weighted by atomic mass is 10.4. The van der Waals surface area contributed by atoms with Gasteiger partial charge in [0.2, 0.25) is 10.0 Å². The van der Waals surface area contributed by atoms with Gasteiger partial charge >= 0.3 is 0 Å². The van der Waals surface area contributed by atoms with E-state index in [9.17, 15) is 8.42 Å². The Bertz CT molecular complexity index is 381. The van der Waals surface area contributed by atoms with E-state index in [1.165, 1.54) is 12.1 Å². The van der Waals surface area contributed by atoms with Gasteiger partial charge in [0.1, 0.15) is 0 Å². The summed E-state index contributed by atoms with van der Waals surface area (Å²) in [7, 11) is -3.50. The monoisotopic (exact) mass is 217 g/mol. The number of nitrogens with two attached hydrogens (primary N) is 1. The van der Waals surface area contributed by atoms with Crippen LogP contribution in [-0.2, 0) is 14.8 Å². The Morgan fingerprint density at radius 1 is 1.29 bits per heavy atom. The summed E-state index contributed by atoms with van der Waals surface area (Å²) in [5.41, 5.74) is 0. The predicted molar refractivity (Wildman–Crippen MR) is 51.1 cm³/mol. The zero-order valence-electron chi connectivity index (χ0n) is 7.54. The first kappa shape index (κ1) is 12.6. The molecule has 0 spiro atoms. The van der Waals surface area contributed by atoms with Gasteiger partial charge in [-0.1, -0.05) is 18.2 Å². The van der Waals surface area contributed by atoms with E-state index in [1.807, 2.05) is 0 Å². The van der Waals surface area contributed by atoms with E-state index in [4.69, 9.17) is 15.0 Å². The van der Waals surface area contributed by atoms with E-state index in [2.05, 4.69) is 0 Å². The van der Waals surface area contributed by atoms with Gasteiger partial charge in [-0.15, -0.1) is 0 Å². The minimum absolute atomic E-state index is 0.148. The topological polar surface area (TPSA) is 97.5 Å². The first-order valence-corrected chi connectivity index (χ1v) is 5.16. The van der Waals surface area contributed by atoms with Crippen molar-refractivity contribution in [2.24, 2.45) is 5.14 Å². The number of hydrogen-bond acceptors (Lipinski definition) is 3. The van der Waals surface area contributed by atoms with Gasteiger partial charge in [-0.05, 0) is 12.1 Å². The second kappa shape index (κ2) is 5.36. The number of benzene rings is 1. The Morgan fingerprint density at radius 2 is 1.64 bits per heavy atom. The molecular formula is C8H11NO4S. The number of hydrogen-bond donors (Lipinski definition) is 2. The van der Waals surface area contributed by atoms with Gasteiger partial charge in [0.15, 0.2) is 0 Å². The molecule has 3 N–H and O–H groups in total. The molecule has 0 aliphatic carbocycles. The number of rotatable bonds is 1. The number of primary sulfonamides is 1. The van der Waals surface area contributed by atoms with Crippen molar-refractivity contribution in [2.45, 2.75) is 11.8 Å². The molecule has 1 aromatic carbocycles. The van der Waals surface area contributed by atoms with E-state index >= 15 is 0 Å². The Morgan fingerprint density at radius 3 is 1.86 bits per heavy atom. The lowest BCUT2D eigenvalue weighted by Crippen LogP contribution is -2.11. The fraction of sp³-hybridized carbons (Fsp3) is 0.125. The van der Waals surface area contributed by atoms with Gasteiger partial charge in [-0.25, -0.2) is 13.6 Å². The Balaban J connectivity index is 0.000000364. The van der Waals surface area contributed by atoms with E-state index < -0.39 is 16.0 Å². The third-order valence-electron chi connectivity index (χ3n) is 1.07. The third-order valence-corrected chi connectivity index (χ3v) is 2.00. The minimum atomic E-state index is -3.50. The highest BCUT2D eigenvalue weighted by Gasteiger charge is 2.03. The summed E-state index contributed by atoms with van der Waals surface area (Å²) in [5.74, 6) is -0.833. The van der Waals surface area contributed by atoms with E-state index in [0.717, 1.165) is 6.92 Å². The van der Waals surface area contributed by atoms with Crippen LogP contribution in [0, 0.1) is 0 Å². The molecule has 14 heavy (non-hydrogen) atoms. The zero-order valence-corrected chi connectivity index (χ0v) is 8.36. The van der Waals surface area contributed by atoms with Crippen molar-refractivity contribution >= 4 is 16.0 Å². The molecule has 1 aromatic rings. The van der Waals surface area contributed by atoms with Crippen LogP contribution in [0.4, 0.5) is 0 Å². The average molecular weight is 217 g/mol. The van der Waals surface area contributed by atoms with Gasteiger partial charge in [0.25, 0.3) is 5.97 Å². The van der Waals surface area contributed by atoms with Crippen molar-refractivity contribution in [3.05, 3.63) is 30.3 Å². The Hall–Kier alpha value is -1.40. The smallest absolute Gasteiger partial charge is 0.300 e. The highest BCUT2D eigenvalue weighted by Crippen LogP contribution is 2.02. The molecule has 0 fully saturated rings. The second-order valence-electron chi connectivity index (χ2n) is 2.38. The number of sulfonamides is 1. The molecular weight excluding hydrogens is 206 g/mol. The largest absolute Gasteiger partial charge is 0.481 e. The SMILES string of the molecule is CC(=O)O.NS(=O)(=O)c1ccccc1. The molecule has 0 amide bonds. The Labute approximate surface area is 82.2 Å². The number of carbonyl (C=O) groups is 1. The summed E-state index contributed by atoms with van der Waals surface area (Å²) in [6.07, 6.45) is 0. The van der Waals surface area contributed by atoms with Crippen LogP contribution in [-0.4, -0.2) is 19.5 Å². The molecule has 0 saturated heterocycles. The van der Waals surface area contributed by atoms with E-state index in [0.29, 0.717) is 0 Å². The van der Waals surface area contributed by atoms with Crippen molar-refractivity contribution < 1.29 is 18.3 Å². The standard InChI is InChI=1S/C6H7NO2S.C2H4O2/c7-10(8,9)6-4-2-1-3-5-6;1-2(3)4/h1-5H,(H2,7,8,9);1H3,(H,3,4). The van der Waals surface area contributed by atoms with Crippen LogP contribution in [0.5, 0.6) is 0 Å². The molecule has 0 aromatic heterocycles. The van der Waals surface area contributed by atoms with Gasteiger partial charge in [0, 0.05) is 6.92 Å². The lowest BCUT2D eigenvalue weighted by Gasteiger charge is -1.93. The summed E-state index contributed by atoms with van der Waals surface area (Å²) in [4.78, 5) is 9.15. The molecule has 0 atom stereocenters. The first-order valence-electron chi connectivity index (χ1n) is 3.61. The fourth-order valence-corrected chi connectivity index (χ4v) is 1.15. The van der Waals surface area contributed by atoms with Crippen LogP contribution >= 0.6 is 0 Å². The number of carboxylic acids is 1. The average Bonchev–Trinajstić information content (AvgIpc) is 2.03. The maximum atomic E-state index is 10.6. The maximum Gasteiger partial charge on any atom is 0.300 e. The molecule has 0 bridgehead atoms. The van der Waals surface area contributed by atoms with Crippen LogP contribution in [0.3, 0.4) is 0 Å².